The molecule has 0 amide bonds. The monoisotopic (exact) mass is 794 g/mol. The minimum Gasteiger partial charge on any atom is -0.371 e. The van der Waals surface area contributed by atoms with Crippen molar-refractivity contribution in [2.24, 2.45) is 23.7 Å². The van der Waals surface area contributed by atoms with Gasteiger partial charge in [0.1, 0.15) is 0 Å². The fourth-order valence-corrected chi connectivity index (χ4v) is 8.90. The molecule has 1 aliphatic rings. The number of carbonyl (C=O) groups excluding carboxylic acids is 1. The first-order chi connectivity index (χ1) is 28.9. The van der Waals surface area contributed by atoms with Crippen LogP contribution in [-0.2, 0) is 4.79 Å². The van der Waals surface area contributed by atoms with E-state index in [0.717, 1.165) is 106 Å². The van der Waals surface area contributed by atoms with Crippen LogP contribution in [0.15, 0.2) is 108 Å². The highest BCUT2D eigenvalue weighted by Gasteiger charge is 2.44. The van der Waals surface area contributed by atoms with E-state index in [1.165, 1.54) is 11.4 Å². The van der Waals surface area contributed by atoms with Gasteiger partial charge in [-0.25, -0.2) is 4.85 Å². The zero-order chi connectivity index (χ0) is 42.7. The molecule has 0 spiro atoms. The molecule has 0 radical (unpaired) electrons. The lowest BCUT2D eigenvalue weighted by molar-refractivity contribution is -0.115. The Balaban J connectivity index is 1.45. The third-order valence-electron chi connectivity index (χ3n) is 12.5. The molecular formula is C55H62N4O. The maximum Gasteiger partial charge on any atom is 0.251 e. The van der Waals surface area contributed by atoms with Crippen LogP contribution in [0.4, 0.5) is 11.4 Å². The molecule has 1 unspecified atom stereocenters. The number of fused-ring (bicyclic) bond motifs is 4. The van der Waals surface area contributed by atoms with E-state index in [-0.39, 0.29) is 11.5 Å². The maximum atomic E-state index is 15.2. The maximum absolute atomic E-state index is 15.2. The molecule has 0 saturated carbocycles. The molecule has 1 N–H and O–H groups in total. The second-order valence-electron chi connectivity index (χ2n) is 18.7. The van der Waals surface area contributed by atoms with E-state index in [4.69, 9.17) is 12.0 Å². The van der Waals surface area contributed by atoms with Crippen LogP contribution in [0.2, 0.25) is 0 Å². The van der Waals surface area contributed by atoms with Gasteiger partial charge in [-0.1, -0.05) is 116 Å². The molecule has 0 aliphatic heterocycles. The van der Waals surface area contributed by atoms with Crippen molar-refractivity contribution in [1.29, 1.82) is 5.41 Å². The predicted octanol–water partition coefficient (Wildman–Crippen LogP) is 14.3. The third-order valence-corrected chi connectivity index (χ3v) is 12.5. The highest BCUT2D eigenvalue weighted by Crippen LogP contribution is 2.52. The summed E-state index contributed by atoms with van der Waals surface area (Å²) in [5.74, 6) is 4.06. The highest BCUT2D eigenvalue weighted by molar-refractivity contribution is 6.37. The van der Waals surface area contributed by atoms with E-state index in [0.29, 0.717) is 34.8 Å². The zero-order valence-electron chi connectivity index (χ0n) is 37.0. The number of anilines is 2. The van der Waals surface area contributed by atoms with Crippen LogP contribution in [0, 0.1) is 35.7 Å². The quantitative estimate of drug-likeness (QED) is 0.0568. The standard InChI is InChI=1S/C55H62N4O/c1-35(2)22-26-58(27-23-36(3)4)50-20-18-43(45-30-39-14-10-12-16-41(39)32-47(45)50)52-54(49(34-56)57-9)53(55(52)60)44-19-21-51(59(28-24-37(5)6)29-25-38(7)8)48-33-42-17-13-11-15-40(42)31-46(44)48/h10-21,30-33,35-38,52,56H,22-29H2,1-8H3. The molecule has 60 heavy (non-hydrogen) atoms. The summed E-state index contributed by atoms with van der Waals surface area (Å²) in [5, 5.41) is 17.1. The Labute approximate surface area is 358 Å². The summed E-state index contributed by atoms with van der Waals surface area (Å²) >= 11 is 0. The van der Waals surface area contributed by atoms with Crippen LogP contribution in [0.1, 0.15) is 98.1 Å². The van der Waals surface area contributed by atoms with Gasteiger partial charge in [0, 0.05) is 53.9 Å². The number of nitrogens with one attached hydrogen (secondary N) is 1. The van der Waals surface area contributed by atoms with Gasteiger partial charge in [0.2, 0.25) is 0 Å². The number of allylic oxidation sites excluding steroid dienone is 2. The van der Waals surface area contributed by atoms with E-state index in [9.17, 15) is 0 Å². The first kappa shape index (κ1) is 42.4. The Kier molecular flexibility index (Phi) is 12.9. The molecule has 6 aromatic carbocycles. The molecule has 1 atom stereocenters. The molecule has 5 heteroatoms. The van der Waals surface area contributed by atoms with Gasteiger partial charge in [0.15, 0.2) is 5.78 Å². The van der Waals surface area contributed by atoms with Gasteiger partial charge >= 0.3 is 0 Å². The number of carbonyl (C=O) groups is 1. The topological polar surface area (TPSA) is 51.8 Å². The van der Waals surface area contributed by atoms with Crippen molar-refractivity contribution in [3.8, 4) is 0 Å². The van der Waals surface area contributed by atoms with Crippen molar-refractivity contribution in [3.63, 3.8) is 0 Å². The van der Waals surface area contributed by atoms with E-state index < -0.39 is 5.92 Å². The molecule has 0 aromatic heterocycles. The van der Waals surface area contributed by atoms with E-state index >= 15 is 4.79 Å². The fourth-order valence-electron chi connectivity index (χ4n) is 8.90. The summed E-state index contributed by atoms with van der Waals surface area (Å²) in [4.78, 5) is 24.1. The summed E-state index contributed by atoms with van der Waals surface area (Å²) in [5.41, 5.74) is 5.28. The molecular weight excluding hydrogens is 733 g/mol. The molecule has 6 aromatic rings. The Morgan fingerprint density at radius 1 is 0.600 bits per heavy atom. The minimum atomic E-state index is -0.691. The van der Waals surface area contributed by atoms with Crippen LogP contribution in [0.5, 0.6) is 0 Å². The zero-order valence-corrected chi connectivity index (χ0v) is 37.0. The van der Waals surface area contributed by atoms with Crippen molar-refractivity contribution in [3.05, 3.63) is 131 Å². The lowest BCUT2D eigenvalue weighted by Gasteiger charge is -2.35. The molecule has 0 bridgehead atoms. The number of nitrogens with zero attached hydrogens (tertiary/aromatic N) is 3. The Bertz CT molecular complexity index is 2660. The highest BCUT2D eigenvalue weighted by atomic mass is 16.1. The van der Waals surface area contributed by atoms with Crippen molar-refractivity contribution in [2.45, 2.75) is 87.0 Å². The van der Waals surface area contributed by atoms with Gasteiger partial charge in [-0.15, -0.1) is 0 Å². The van der Waals surface area contributed by atoms with Crippen molar-refractivity contribution in [1.82, 2.24) is 0 Å². The van der Waals surface area contributed by atoms with E-state index in [1.54, 1.807) is 0 Å². The molecule has 308 valence electrons. The van der Waals surface area contributed by atoms with Crippen LogP contribution >= 0.6 is 0 Å². The molecule has 5 nitrogen and oxygen atoms in total. The van der Waals surface area contributed by atoms with Crippen molar-refractivity contribution >= 4 is 71.7 Å². The van der Waals surface area contributed by atoms with Crippen LogP contribution in [0.25, 0.3) is 53.5 Å². The third kappa shape index (κ3) is 8.63. The van der Waals surface area contributed by atoms with Gasteiger partial charge in [0.05, 0.1) is 12.5 Å². The number of benzene rings is 6. The lowest BCUT2D eigenvalue weighted by Crippen LogP contribution is -2.31. The van der Waals surface area contributed by atoms with Crippen LogP contribution in [0.3, 0.4) is 0 Å². The number of hydrogen-bond acceptors (Lipinski definition) is 4. The van der Waals surface area contributed by atoms with Gasteiger partial charge in [-0.3, -0.25) is 10.2 Å². The van der Waals surface area contributed by atoms with Gasteiger partial charge < -0.3 is 9.80 Å². The minimum absolute atomic E-state index is 0.0150. The van der Waals surface area contributed by atoms with Crippen LogP contribution in [-0.4, -0.2) is 37.8 Å². The number of ketones is 1. The molecule has 1 aliphatic carbocycles. The number of Topliss-reactive ketones (excluding diaryl/α,β-unsaturated/α-hetero) is 1. The normalized spacial score (nSPS) is 14.2. The first-order valence-corrected chi connectivity index (χ1v) is 22.3. The van der Waals surface area contributed by atoms with Crippen molar-refractivity contribution in [2.75, 3.05) is 36.0 Å². The largest absolute Gasteiger partial charge is 0.371 e. The van der Waals surface area contributed by atoms with Crippen LogP contribution < -0.4 is 9.80 Å². The second-order valence-corrected chi connectivity index (χ2v) is 18.7. The van der Waals surface area contributed by atoms with Gasteiger partial charge in [0.25, 0.3) is 5.70 Å². The van der Waals surface area contributed by atoms with E-state index in [2.05, 4.69) is 173 Å². The summed E-state index contributed by atoms with van der Waals surface area (Å²) < 4.78 is 0. The lowest BCUT2D eigenvalue weighted by atomic mass is 9.67. The number of rotatable bonds is 17. The Hall–Kier alpha value is -5.69. The second kappa shape index (κ2) is 18.3. The average molecular weight is 795 g/mol. The summed E-state index contributed by atoms with van der Waals surface area (Å²) in [6, 6.07) is 34.6. The average Bonchev–Trinajstić information content (AvgIpc) is 3.22. The Morgan fingerprint density at radius 2 is 1.00 bits per heavy atom. The van der Waals surface area contributed by atoms with E-state index in [1.807, 2.05) is 0 Å². The van der Waals surface area contributed by atoms with Gasteiger partial charge in [-0.05, 0) is 141 Å². The molecule has 0 fully saturated rings. The molecule has 0 saturated heterocycles. The first-order valence-electron chi connectivity index (χ1n) is 22.3. The van der Waals surface area contributed by atoms with Crippen molar-refractivity contribution < 1.29 is 4.79 Å². The molecule has 0 heterocycles. The Morgan fingerprint density at radius 3 is 1.42 bits per heavy atom. The fraction of sp³-hybridized carbons (Fsp3) is 0.382. The summed E-state index contributed by atoms with van der Waals surface area (Å²) in [7, 11) is 0. The summed E-state index contributed by atoms with van der Waals surface area (Å²) in [6.07, 6.45) is 4.33. The number of hydrogen-bond donors (Lipinski definition) is 1. The SMILES string of the molecule is [C-]#[N+]C(=C=N)C1=C(c2ccc(N(CCC(C)C)CCC(C)C)c3cc4ccccc4cc23)C(=O)C1c1ccc(N(CCC(C)C)CCC(C)C)c2cc3ccccc3cc12. The summed E-state index contributed by atoms with van der Waals surface area (Å²) in [6.45, 7) is 30.3. The van der Waals surface area contributed by atoms with Gasteiger partial charge in [-0.2, -0.15) is 0 Å². The predicted molar refractivity (Wildman–Crippen MR) is 258 cm³/mol. The molecule has 7 rings (SSSR count). The smallest absolute Gasteiger partial charge is 0.251 e.